The second kappa shape index (κ2) is 5.85. The summed E-state index contributed by atoms with van der Waals surface area (Å²) in [6, 6.07) is 2.60. The number of ether oxygens (including phenoxy) is 1. The molecule has 100 valence electrons. The largest absolute Gasteiger partial charge is 0.384 e. The molecule has 0 bridgehead atoms. The van der Waals surface area contributed by atoms with Crippen molar-refractivity contribution in [1.82, 2.24) is 0 Å². The molecule has 2 nitrogen and oxygen atoms in total. The Morgan fingerprint density at radius 2 is 2.06 bits per heavy atom. The van der Waals surface area contributed by atoms with Crippen LogP contribution in [-0.4, -0.2) is 26.8 Å². The predicted octanol–water partition coefficient (Wildman–Crippen LogP) is 3.18. The van der Waals surface area contributed by atoms with Gasteiger partial charge >= 0.3 is 0 Å². The number of hydrogen-bond acceptors (Lipinski definition) is 2. The number of hydrogen-bond donors (Lipinski definition) is 0. The number of benzene rings is 1. The average molecular weight is 276 g/mol. The first-order valence-corrected chi connectivity index (χ1v) is 6.47. The first kappa shape index (κ1) is 13.6. The van der Waals surface area contributed by atoms with Crippen molar-refractivity contribution in [2.24, 2.45) is 5.92 Å². The Bertz CT molecular complexity index is 404. The number of alkyl halides is 1. The van der Waals surface area contributed by atoms with Crippen LogP contribution in [0.1, 0.15) is 12.0 Å². The molecule has 1 aliphatic heterocycles. The molecule has 0 aromatic heterocycles. The third-order valence-corrected chi connectivity index (χ3v) is 3.54. The summed E-state index contributed by atoms with van der Waals surface area (Å²) in [5.74, 6) is -0.630. The third kappa shape index (κ3) is 2.75. The molecule has 0 saturated carbocycles. The van der Waals surface area contributed by atoms with E-state index in [9.17, 15) is 8.78 Å². The lowest BCUT2D eigenvalue weighted by molar-refractivity contribution is 0.161. The molecule has 1 atom stereocenters. The van der Waals surface area contributed by atoms with Crippen molar-refractivity contribution in [1.29, 1.82) is 0 Å². The molecule has 2 rings (SSSR count). The number of nitrogens with zero attached hydrogens (tertiary/aromatic N) is 1. The van der Waals surface area contributed by atoms with Crippen LogP contribution in [0.2, 0.25) is 0 Å². The second-order valence-corrected chi connectivity index (χ2v) is 4.87. The first-order chi connectivity index (χ1) is 8.65. The highest BCUT2D eigenvalue weighted by Gasteiger charge is 2.26. The number of halogens is 3. The molecular formula is C13H16ClF2NO. The summed E-state index contributed by atoms with van der Waals surface area (Å²) in [5, 5.41) is 0. The van der Waals surface area contributed by atoms with Crippen molar-refractivity contribution >= 4 is 17.3 Å². The van der Waals surface area contributed by atoms with E-state index in [4.69, 9.17) is 16.3 Å². The van der Waals surface area contributed by atoms with E-state index in [2.05, 4.69) is 0 Å². The Kier molecular flexibility index (Phi) is 4.40. The van der Waals surface area contributed by atoms with Crippen LogP contribution in [0.4, 0.5) is 14.5 Å². The molecule has 1 saturated heterocycles. The molecule has 1 aromatic rings. The highest BCUT2D eigenvalue weighted by molar-refractivity contribution is 6.17. The molecule has 1 fully saturated rings. The molecule has 0 radical (unpaired) electrons. The summed E-state index contributed by atoms with van der Waals surface area (Å²) in [7, 11) is 1.64. The summed E-state index contributed by atoms with van der Waals surface area (Å²) in [4.78, 5) is 1.74. The molecule has 1 aromatic carbocycles. The zero-order chi connectivity index (χ0) is 13.1. The van der Waals surface area contributed by atoms with Gasteiger partial charge in [0.25, 0.3) is 0 Å². The van der Waals surface area contributed by atoms with E-state index in [1.807, 2.05) is 0 Å². The van der Waals surface area contributed by atoms with Crippen LogP contribution in [0, 0.1) is 17.6 Å². The topological polar surface area (TPSA) is 12.5 Å². The minimum absolute atomic E-state index is 0.0578. The highest BCUT2D eigenvalue weighted by atomic mass is 35.5. The van der Waals surface area contributed by atoms with E-state index in [0.29, 0.717) is 31.2 Å². The Labute approximate surface area is 110 Å². The summed E-state index contributed by atoms with van der Waals surface area (Å²) < 4.78 is 32.9. The number of rotatable bonds is 4. The predicted molar refractivity (Wildman–Crippen MR) is 68.1 cm³/mol. The summed E-state index contributed by atoms with van der Waals surface area (Å²) in [6.45, 7) is 1.91. The van der Waals surface area contributed by atoms with E-state index in [-0.39, 0.29) is 11.6 Å². The lowest BCUT2D eigenvalue weighted by Gasteiger charge is -2.20. The van der Waals surface area contributed by atoms with Gasteiger partial charge in [0.2, 0.25) is 0 Å². The van der Waals surface area contributed by atoms with Gasteiger partial charge in [-0.2, -0.15) is 0 Å². The van der Waals surface area contributed by atoms with Crippen molar-refractivity contribution in [3.8, 4) is 0 Å². The van der Waals surface area contributed by atoms with Gasteiger partial charge in [-0.1, -0.05) is 0 Å². The maximum Gasteiger partial charge on any atom is 0.149 e. The normalized spacial score (nSPS) is 19.6. The van der Waals surface area contributed by atoms with E-state index in [1.165, 1.54) is 12.1 Å². The Morgan fingerprint density at radius 3 is 2.61 bits per heavy atom. The first-order valence-electron chi connectivity index (χ1n) is 5.93. The smallest absolute Gasteiger partial charge is 0.149 e. The fraction of sp³-hybridized carbons (Fsp3) is 0.538. The van der Waals surface area contributed by atoms with Crippen LogP contribution >= 0.6 is 11.6 Å². The Balaban J connectivity index is 2.19. The molecule has 1 heterocycles. The molecule has 1 unspecified atom stereocenters. The van der Waals surface area contributed by atoms with Crippen molar-refractivity contribution in [3.05, 3.63) is 29.3 Å². The van der Waals surface area contributed by atoms with E-state index in [1.54, 1.807) is 12.0 Å². The van der Waals surface area contributed by atoms with Gasteiger partial charge in [0.15, 0.2) is 0 Å². The summed E-state index contributed by atoms with van der Waals surface area (Å²) in [6.07, 6.45) is 0.893. The van der Waals surface area contributed by atoms with Crippen molar-refractivity contribution < 1.29 is 13.5 Å². The second-order valence-electron chi connectivity index (χ2n) is 4.60. The molecule has 18 heavy (non-hydrogen) atoms. The molecule has 1 aliphatic rings. The lowest BCUT2D eigenvalue weighted by Crippen LogP contribution is -2.23. The van der Waals surface area contributed by atoms with Crippen LogP contribution in [0.15, 0.2) is 12.1 Å². The van der Waals surface area contributed by atoms with Gasteiger partial charge in [0.1, 0.15) is 17.3 Å². The van der Waals surface area contributed by atoms with Crippen molar-refractivity contribution in [2.45, 2.75) is 12.3 Å². The van der Waals surface area contributed by atoms with E-state index >= 15 is 0 Å². The zero-order valence-electron chi connectivity index (χ0n) is 10.3. The molecule has 0 N–H and O–H groups in total. The van der Waals surface area contributed by atoms with Gasteiger partial charge < -0.3 is 9.64 Å². The van der Waals surface area contributed by atoms with Gasteiger partial charge in [0, 0.05) is 32.0 Å². The van der Waals surface area contributed by atoms with Gasteiger partial charge in [0.05, 0.1) is 6.61 Å². The SMILES string of the molecule is COCC1CCN(c2c(F)cc(CCl)cc2F)C1. The molecule has 0 spiro atoms. The fourth-order valence-electron chi connectivity index (χ4n) is 2.40. The average Bonchev–Trinajstić information content (AvgIpc) is 2.77. The minimum Gasteiger partial charge on any atom is -0.384 e. The summed E-state index contributed by atoms with van der Waals surface area (Å²) >= 11 is 5.58. The van der Waals surface area contributed by atoms with Gasteiger partial charge in [-0.3, -0.25) is 0 Å². The molecule has 5 heteroatoms. The van der Waals surface area contributed by atoms with Crippen LogP contribution in [-0.2, 0) is 10.6 Å². The van der Waals surface area contributed by atoms with E-state index < -0.39 is 11.6 Å². The van der Waals surface area contributed by atoms with Crippen molar-refractivity contribution in [2.75, 3.05) is 31.7 Å². The highest BCUT2D eigenvalue weighted by Crippen LogP contribution is 2.30. The quantitative estimate of drug-likeness (QED) is 0.783. The standard InChI is InChI=1S/C13H16ClF2NO/c1-18-8-9-2-3-17(7-9)13-11(15)4-10(6-14)5-12(13)16/h4-5,9H,2-3,6-8H2,1H3. The number of methoxy groups -OCH3 is 1. The lowest BCUT2D eigenvalue weighted by atomic mass is 10.1. The van der Waals surface area contributed by atoms with Crippen LogP contribution < -0.4 is 4.90 Å². The maximum atomic E-state index is 13.9. The monoisotopic (exact) mass is 275 g/mol. The molecule has 0 aliphatic carbocycles. The molecule has 0 amide bonds. The summed E-state index contributed by atoms with van der Waals surface area (Å²) in [5.41, 5.74) is 0.519. The van der Waals surface area contributed by atoms with Crippen LogP contribution in [0.5, 0.6) is 0 Å². The Hall–Kier alpha value is -0.870. The third-order valence-electron chi connectivity index (χ3n) is 3.24. The van der Waals surface area contributed by atoms with Gasteiger partial charge in [-0.25, -0.2) is 8.78 Å². The van der Waals surface area contributed by atoms with Gasteiger partial charge in [-0.15, -0.1) is 11.6 Å². The van der Waals surface area contributed by atoms with Crippen LogP contribution in [0.25, 0.3) is 0 Å². The fourth-order valence-corrected chi connectivity index (χ4v) is 2.56. The van der Waals surface area contributed by atoms with Crippen LogP contribution in [0.3, 0.4) is 0 Å². The number of anilines is 1. The minimum atomic E-state index is -0.538. The Morgan fingerprint density at radius 1 is 1.39 bits per heavy atom. The van der Waals surface area contributed by atoms with Gasteiger partial charge in [-0.05, 0) is 24.1 Å². The maximum absolute atomic E-state index is 13.9. The molecular weight excluding hydrogens is 260 g/mol. The van der Waals surface area contributed by atoms with Crippen molar-refractivity contribution in [3.63, 3.8) is 0 Å². The zero-order valence-corrected chi connectivity index (χ0v) is 11.0. The van der Waals surface area contributed by atoms with E-state index in [0.717, 1.165) is 6.42 Å².